The maximum absolute atomic E-state index is 5.27. The molecule has 1 aliphatic rings. The lowest BCUT2D eigenvalue weighted by Gasteiger charge is -2.16. The molecule has 1 unspecified atom stereocenters. The van der Waals surface area contributed by atoms with Gasteiger partial charge in [-0.2, -0.15) is 0 Å². The molecule has 1 atom stereocenters. The van der Waals surface area contributed by atoms with Crippen molar-refractivity contribution in [3.63, 3.8) is 0 Å². The van der Waals surface area contributed by atoms with Crippen molar-refractivity contribution >= 4 is 8.53 Å². The first-order chi connectivity index (χ1) is 4.38. The molecule has 1 aliphatic heterocycles. The molecule has 9 heavy (non-hydrogen) atoms. The minimum absolute atomic E-state index is 0.673. The molecule has 1 saturated heterocycles. The van der Waals surface area contributed by atoms with Gasteiger partial charge < -0.3 is 9.05 Å². The Morgan fingerprint density at radius 3 is 3.00 bits per heavy atom. The Labute approximate surface area is 56.9 Å². The first-order valence-corrected chi connectivity index (χ1v) is 4.23. The zero-order valence-corrected chi connectivity index (χ0v) is 6.73. The van der Waals surface area contributed by atoms with Gasteiger partial charge in [0.2, 0.25) is 0 Å². The minimum Gasteiger partial charge on any atom is -0.325 e. The van der Waals surface area contributed by atoms with Crippen LogP contribution in [0.1, 0.15) is 6.92 Å². The van der Waals surface area contributed by atoms with Crippen LogP contribution >= 0.6 is 8.53 Å². The van der Waals surface area contributed by atoms with E-state index in [-0.39, 0.29) is 0 Å². The van der Waals surface area contributed by atoms with Crippen LogP contribution in [0.4, 0.5) is 0 Å². The molecule has 0 aliphatic carbocycles. The van der Waals surface area contributed by atoms with Crippen molar-refractivity contribution in [2.45, 2.75) is 6.92 Å². The molecule has 1 rings (SSSR count). The summed E-state index contributed by atoms with van der Waals surface area (Å²) >= 11 is 0. The topological polar surface area (TPSA) is 21.7 Å². The van der Waals surface area contributed by atoms with Crippen LogP contribution in [0.15, 0.2) is 0 Å². The first kappa shape index (κ1) is 7.42. The van der Waals surface area contributed by atoms with Crippen molar-refractivity contribution in [1.29, 1.82) is 0 Å². The standard InChI is InChI=1S/C5H12NO2P/c1-3-6-4-5-8-9(6)7-2/h3-5H2,1-2H3. The van der Waals surface area contributed by atoms with E-state index in [2.05, 4.69) is 11.6 Å². The van der Waals surface area contributed by atoms with Crippen molar-refractivity contribution in [2.75, 3.05) is 26.8 Å². The largest absolute Gasteiger partial charge is 0.325 e. The normalized spacial score (nSPS) is 29.3. The van der Waals surface area contributed by atoms with Gasteiger partial charge in [0.05, 0.1) is 6.61 Å². The molecule has 0 aromatic carbocycles. The van der Waals surface area contributed by atoms with Gasteiger partial charge in [0.25, 0.3) is 8.53 Å². The molecule has 0 amide bonds. The third-order valence-electron chi connectivity index (χ3n) is 1.30. The molecule has 0 aromatic heterocycles. The maximum Gasteiger partial charge on any atom is 0.258 e. The van der Waals surface area contributed by atoms with Gasteiger partial charge in [-0.15, -0.1) is 0 Å². The van der Waals surface area contributed by atoms with Gasteiger partial charge in [-0.1, -0.05) is 6.92 Å². The maximum atomic E-state index is 5.27. The van der Waals surface area contributed by atoms with Crippen LogP contribution in [0, 0.1) is 0 Å². The number of hydrogen-bond donors (Lipinski definition) is 0. The second-order valence-electron chi connectivity index (χ2n) is 1.80. The molecule has 0 bridgehead atoms. The summed E-state index contributed by atoms with van der Waals surface area (Å²) < 4.78 is 12.6. The smallest absolute Gasteiger partial charge is 0.258 e. The average molecular weight is 149 g/mol. The van der Waals surface area contributed by atoms with E-state index < -0.39 is 8.53 Å². The fraction of sp³-hybridized carbons (Fsp3) is 1.00. The predicted octanol–water partition coefficient (Wildman–Crippen LogP) is 1.21. The van der Waals surface area contributed by atoms with Crippen molar-refractivity contribution in [3.05, 3.63) is 0 Å². The van der Waals surface area contributed by atoms with Crippen LogP contribution in [0.2, 0.25) is 0 Å². The quantitative estimate of drug-likeness (QED) is 0.551. The zero-order valence-electron chi connectivity index (χ0n) is 5.83. The summed E-state index contributed by atoms with van der Waals surface area (Å²) in [4.78, 5) is 0. The van der Waals surface area contributed by atoms with E-state index in [0.717, 1.165) is 19.7 Å². The van der Waals surface area contributed by atoms with Gasteiger partial charge in [0.1, 0.15) is 0 Å². The van der Waals surface area contributed by atoms with E-state index in [0.29, 0.717) is 0 Å². The molecule has 1 heterocycles. The molecule has 0 N–H and O–H groups in total. The molecular weight excluding hydrogens is 137 g/mol. The number of rotatable bonds is 2. The zero-order chi connectivity index (χ0) is 6.69. The number of nitrogens with zero attached hydrogens (tertiary/aromatic N) is 1. The Morgan fingerprint density at radius 1 is 1.78 bits per heavy atom. The molecule has 3 nitrogen and oxygen atoms in total. The predicted molar refractivity (Wildman–Crippen MR) is 37.1 cm³/mol. The SMILES string of the molecule is CCN1CCOP1OC. The highest BCUT2D eigenvalue weighted by Gasteiger charge is 2.24. The summed E-state index contributed by atoms with van der Waals surface area (Å²) in [6, 6.07) is 0. The second-order valence-corrected chi connectivity index (χ2v) is 3.46. The van der Waals surface area contributed by atoms with Crippen LogP contribution in [0.25, 0.3) is 0 Å². The van der Waals surface area contributed by atoms with Gasteiger partial charge in [-0.05, 0) is 0 Å². The van der Waals surface area contributed by atoms with Crippen molar-refractivity contribution in [1.82, 2.24) is 4.67 Å². The third kappa shape index (κ3) is 1.62. The number of likely N-dealkylation sites (N-methyl/N-ethyl adjacent to an activating group) is 1. The van der Waals surface area contributed by atoms with Crippen molar-refractivity contribution in [2.24, 2.45) is 0 Å². The van der Waals surface area contributed by atoms with Crippen LogP contribution in [0.3, 0.4) is 0 Å². The van der Waals surface area contributed by atoms with E-state index in [9.17, 15) is 0 Å². The van der Waals surface area contributed by atoms with E-state index in [1.807, 2.05) is 0 Å². The summed E-state index contributed by atoms with van der Waals surface area (Å²) in [6.07, 6.45) is 0. The molecule has 1 fully saturated rings. The monoisotopic (exact) mass is 149 g/mol. The highest BCUT2D eigenvalue weighted by Crippen LogP contribution is 2.45. The van der Waals surface area contributed by atoms with Crippen LogP contribution < -0.4 is 0 Å². The highest BCUT2D eigenvalue weighted by atomic mass is 31.2. The van der Waals surface area contributed by atoms with Gasteiger partial charge in [-0.3, -0.25) is 0 Å². The molecule has 54 valence electrons. The van der Waals surface area contributed by atoms with E-state index in [1.54, 1.807) is 7.11 Å². The fourth-order valence-corrected chi connectivity index (χ4v) is 2.04. The third-order valence-corrected chi connectivity index (χ3v) is 2.96. The first-order valence-electron chi connectivity index (χ1n) is 3.10. The molecule has 0 aromatic rings. The van der Waals surface area contributed by atoms with E-state index >= 15 is 0 Å². The minimum atomic E-state index is -0.673. The molecule has 0 radical (unpaired) electrons. The highest BCUT2D eigenvalue weighted by molar-refractivity contribution is 7.44. The summed E-state index contributed by atoms with van der Waals surface area (Å²) in [6.45, 7) is 4.99. The molecule has 4 heteroatoms. The van der Waals surface area contributed by atoms with Crippen LogP contribution in [-0.2, 0) is 9.05 Å². The fourth-order valence-electron chi connectivity index (χ4n) is 0.829. The average Bonchev–Trinajstić information content (AvgIpc) is 2.33. The van der Waals surface area contributed by atoms with Gasteiger partial charge in [0.15, 0.2) is 0 Å². The molecule has 0 spiro atoms. The lowest BCUT2D eigenvalue weighted by atomic mass is 10.6. The Hall–Kier alpha value is 0.310. The Balaban J connectivity index is 2.32. The van der Waals surface area contributed by atoms with Crippen molar-refractivity contribution < 1.29 is 9.05 Å². The summed E-state index contributed by atoms with van der Waals surface area (Å²) in [7, 11) is 1.02. The lowest BCUT2D eigenvalue weighted by molar-refractivity contribution is 0.317. The Morgan fingerprint density at radius 2 is 2.56 bits per heavy atom. The van der Waals surface area contributed by atoms with E-state index in [4.69, 9.17) is 9.05 Å². The number of hydrogen-bond acceptors (Lipinski definition) is 3. The van der Waals surface area contributed by atoms with Gasteiger partial charge in [-0.25, -0.2) is 4.67 Å². The summed E-state index contributed by atoms with van der Waals surface area (Å²) in [5, 5.41) is 0. The molecular formula is C5H12NO2P. The lowest BCUT2D eigenvalue weighted by Crippen LogP contribution is -2.13. The van der Waals surface area contributed by atoms with Crippen LogP contribution in [-0.4, -0.2) is 31.5 Å². The Kier molecular flexibility index (Phi) is 2.86. The van der Waals surface area contributed by atoms with Gasteiger partial charge >= 0.3 is 0 Å². The van der Waals surface area contributed by atoms with E-state index in [1.165, 1.54) is 0 Å². The molecule has 0 saturated carbocycles. The van der Waals surface area contributed by atoms with Crippen LogP contribution in [0.5, 0.6) is 0 Å². The summed E-state index contributed by atoms with van der Waals surface area (Å²) in [5.41, 5.74) is 0. The van der Waals surface area contributed by atoms with Crippen molar-refractivity contribution in [3.8, 4) is 0 Å². The Bertz CT molecular complexity index is 81.0. The summed E-state index contributed by atoms with van der Waals surface area (Å²) in [5.74, 6) is 0. The van der Waals surface area contributed by atoms with Gasteiger partial charge in [0, 0.05) is 20.2 Å². The second kappa shape index (κ2) is 3.47.